The zero-order chi connectivity index (χ0) is 12.1. The van der Waals surface area contributed by atoms with Crippen molar-refractivity contribution in [2.45, 2.75) is 32.7 Å². The second-order valence-electron chi connectivity index (χ2n) is 4.22. The van der Waals surface area contributed by atoms with E-state index in [0.717, 1.165) is 24.4 Å². The second kappa shape index (κ2) is 6.23. The maximum atomic E-state index is 4.63. The van der Waals surface area contributed by atoms with Gasteiger partial charge in [-0.15, -0.1) is 22.7 Å². The summed E-state index contributed by atoms with van der Waals surface area (Å²) in [6.07, 6.45) is 4.08. The molecule has 2 aromatic rings. The highest BCUT2D eigenvalue weighted by Gasteiger charge is 2.05. The topological polar surface area (TPSA) is 37.8 Å². The van der Waals surface area contributed by atoms with Crippen LogP contribution in [0.4, 0.5) is 0 Å². The Kier molecular flexibility index (Phi) is 4.65. The van der Waals surface area contributed by atoms with Crippen molar-refractivity contribution < 1.29 is 0 Å². The Morgan fingerprint density at radius 1 is 1.35 bits per heavy atom. The summed E-state index contributed by atoms with van der Waals surface area (Å²) < 4.78 is 0. The third-order valence-electron chi connectivity index (χ3n) is 2.36. The van der Waals surface area contributed by atoms with Crippen LogP contribution in [-0.2, 0) is 6.42 Å². The molecule has 0 saturated carbocycles. The maximum Gasteiger partial charge on any atom is 0.135 e. The number of nitrogens with zero attached hydrogens (tertiary/aromatic N) is 2. The Labute approximate surface area is 110 Å². The van der Waals surface area contributed by atoms with Crippen molar-refractivity contribution in [1.29, 1.82) is 0 Å². The van der Waals surface area contributed by atoms with Crippen LogP contribution in [0.3, 0.4) is 0 Å². The lowest BCUT2D eigenvalue weighted by Gasteiger charge is -2.06. The molecule has 0 atom stereocenters. The van der Waals surface area contributed by atoms with E-state index in [-0.39, 0.29) is 0 Å². The third kappa shape index (κ3) is 3.87. The van der Waals surface area contributed by atoms with Crippen molar-refractivity contribution in [3.63, 3.8) is 0 Å². The average molecular weight is 267 g/mol. The highest BCUT2D eigenvalue weighted by molar-refractivity contribution is 7.19. The number of rotatable bonds is 6. The number of aryl methyl sites for hydroxylation is 1. The highest BCUT2D eigenvalue weighted by Crippen LogP contribution is 2.26. The van der Waals surface area contributed by atoms with E-state index in [9.17, 15) is 0 Å². The standard InChI is InChI=1S/C12H17N3S2/c1-9(2)14-5-3-4-10-7-16-12(15-10)11-6-13-8-17-11/h6-9,14H,3-5H2,1-2H3. The van der Waals surface area contributed by atoms with Crippen LogP contribution in [-0.4, -0.2) is 22.6 Å². The normalized spacial score (nSPS) is 11.2. The lowest BCUT2D eigenvalue weighted by Crippen LogP contribution is -2.23. The molecule has 0 saturated heterocycles. The smallest absolute Gasteiger partial charge is 0.135 e. The van der Waals surface area contributed by atoms with Crippen LogP contribution >= 0.6 is 22.7 Å². The van der Waals surface area contributed by atoms with Crippen molar-refractivity contribution in [1.82, 2.24) is 15.3 Å². The summed E-state index contributed by atoms with van der Waals surface area (Å²) in [5.41, 5.74) is 3.05. The summed E-state index contributed by atoms with van der Waals surface area (Å²) in [6.45, 7) is 5.40. The van der Waals surface area contributed by atoms with E-state index >= 15 is 0 Å². The fraction of sp³-hybridized carbons (Fsp3) is 0.500. The summed E-state index contributed by atoms with van der Waals surface area (Å²) >= 11 is 3.36. The van der Waals surface area contributed by atoms with Gasteiger partial charge in [-0.3, -0.25) is 4.98 Å². The van der Waals surface area contributed by atoms with Gasteiger partial charge in [0, 0.05) is 17.6 Å². The van der Waals surface area contributed by atoms with E-state index in [4.69, 9.17) is 0 Å². The van der Waals surface area contributed by atoms with Gasteiger partial charge in [-0.25, -0.2) is 4.98 Å². The van der Waals surface area contributed by atoms with E-state index in [2.05, 4.69) is 34.5 Å². The van der Waals surface area contributed by atoms with Gasteiger partial charge < -0.3 is 5.32 Å². The first-order valence-corrected chi connectivity index (χ1v) is 7.58. The van der Waals surface area contributed by atoms with E-state index in [1.807, 2.05) is 11.7 Å². The van der Waals surface area contributed by atoms with Gasteiger partial charge in [0.05, 0.1) is 16.1 Å². The summed E-state index contributed by atoms with van der Waals surface area (Å²) in [4.78, 5) is 9.88. The van der Waals surface area contributed by atoms with Crippen LogP contribution in [0.5, 0.6) is 0 Å². The molecule has 0 bridgehead atoms. The van der Waals surface area contributed by atoms with Crippen LogP contribution in [0, 0.1) is 0 Å². The Morgan fingerprint density at radius 2 is 2.24 bits per heavy atom. The molecule has 17 heavy (non-hydrogen) atoms. The fourth-order valence-corrected chi connectivity index (χ4v) is 3.07. The van der Waals surface area contributed by atoms with Crippen molar-refractivity contribution in [2.75, 3.05) is 6.54 Å². The second-order valence-corrected chi connectivity index (χ2v) is 5.97. The molecule has 0 fully saturated rings. The zero-order valence-corrected chi connectivity index (χ0v) is 11.8. The number of thiazole rings is 2. The summed E-state index contributed by atoms with van der Waals surface area (Å²) in [6, 6.07) is 0.568. The molecule has 92 valence electrons. The van der Waals surface area contributed by atoms with Crippen molar-refractivity contribution in [3.8, 4) is 9.88 Å². The van der Waals surface area contributed by atoms with Crippen LogP contribution < -0.4 is 5.32 Å². The molecule has 0 spiro atoms. The molecule has 5 heteroatoms. The SMILES string of the molecule is CC(C)NCCCc1csc(-c2cncs2)n1. The summed E-state index contributed by atoms with van der Waals surface area (Å²) in [5, 5.41) is 6.67. The van der Waals surface area contributed by atoms with Gasteiger partial charge in [-0.05, 0) is 19.4 Å². The van der Waals surface area contributed by atoms with Crippen LogP contribution in [0.1, 0.15) is 26.0 Å². The predicted octanol–water partition coefficient (Wildman–Crippen LogP) is 3.20. The molecule has 3 nitrogen and oxygen atoms in total. The van der Waals surface area contributed by atoms with E-state index < -0.39 is 0 Å². The fourth-order valence-electron chi connectivity index (χ4n) is 1.52. The number of hydrogen-bond acceptors (Lipinski definition) is 5. The van der Waals surface area contributed by atoms with Crippen LogP contribution in [0.2, 0.25) is 0 Å². The molecule has 2 heterocycles. The van der Waals surface area contributed by atoms with Crippen molar-refractivity contribution >= 4 is 22.7 Å². The molecule has 0 aliphatic carbocycles. The molecule has 0 aliphatic heterocycles. The van der Waals surface area contributed by atoms with Gasteiger partial charge in [0.1, 0.15) is 5.01 Å². The molecule has 2 aromatic heterocycles. The van der Waals surface area contributed by atoms with Gasteiger partial charge in [-0.2, -0.15) is 0 Å². The Morgan fingerprint density at radius 3 is 2.94 bits per heavy atom. The summed E-state index contributed by atoms with van der Waals surface area (Å²) in [5.74, 6) is 0. The van der Waals surface area contributed by atoms with Crippen LogP contribution in [0.15, 0.2) is 17.1 Å². The molecule has 1 N–H and O–H groups in total. The molecule has 0 unspecified atom stereocenters. The van der Waals surface area contributed by atoms with E-state index in [0.29, 0.717) is 6.04 Å². The molecule has 0 aliphatic rings. The van der Waals surface area contributed by atoms with Crippen molar-refractivity contribution in [2.24, 2.45) is 0 Å². The van der Waals surface area contributed by atoms with Crippen molar-refractivity contribution in [3.05, 3.63) is 22.8 Å². The predicted molar refractivity (Wildman–Crippen MR) is 74.7 cm³/mol. The Hall–Kier alpha value is -0.780. The Bertz CT molecular complexity index is 434. The van der Waals surface area contributed by atoms with Gasteiger partial charge >= 0.3 is 0 Å². The first-order chi connectivity index (χ1) is 8.25. The minimum Gasteiger partial charge on any atom is -0.315 e. The third-order valence-corrected chi connectivity index (χ3v) is 4.19. The van der Waals surface area contributed by atoms with Gasteiger partial charge in [0.2, 0.25) is 0 Å². The molecule has 2 rings (SSSR count). The minimum absolute atomic E-state index is 0.568. The van der Waals surface area contributed by atoms with Gasteiger partial charge in [0.25, 0.3) is 0 Å². The lowest BCUT2D eigenvalue weighted by molar-refractivity contribution is 0.569. The monoisotopic (exact) mass is 267 g/mol. The van der Waals surface area contributed by atoms with E-state index in [1.54, 1.807) is 22.7 Å². The van der Waals surface area contributed by atoms with Crippen LogP contribution in [0.25, 0.3) is 9.88 Å². The molecular formula is C12H17N3S2. The average Bonchev–Trinajstić information content (AvgIpc) is 2.94. The maximum absolute atomic E-state index is 4.63. The quantitative estimate of drug-likeness (QED) is 0.817. The first kappa shape index (κ1) is 12.7. The highest BCUT2D eigenvalue weighted by atomic mass is 32.1. The first-order valence-electron chi connectivity index (χ1n) is 5.82. The Balaban J connectivity index is 1.83. The molecule has 0 aromatic carbocycles. The molecule has 0 amide bonds. The lowest BCUT2D eigenvalue weighted by atomic mass is 10.2. The molecule has 0 radical (unpaired) electrons. The van der Waals surface area contributed by atoms with E-state index in [1.165, 1.54) is 10.6 Å². The summed E-state index contributed by atoms with van der Waals surface area (Å²) in [7, 11) is 0. The number of nitrogens with one attached hydrogen (secondary N) is 1. The largest absolute Gasteiger partial charge is 0.315 e. The van der Waals surface area contributed by atoms with Gasteiger partial charge in [0.15, 0.2) is 0 Å². The zero-order valence-electron chi connectivity index (χ0n) is 10.1. The number of hydrogen-bond donors (Lipinski definition) is 1. The minimum atomic E-state index is 0.568. The number of aromatic nitrogens is 2. The van der Waals surface area contributed by atoms with Gasteiger partial charge in [-0.1, -0.05) is 13.8 Å². The molecular weight excluding hydrogens is 250 g/mol.